The largest absolute Gasteiger partial charge is 0.507 e. The average molecular weight is 423 g/mol. The normalized spacial score (nSPS) is 12.1. The van der Waals surface area contributed by atoms with Crippen LogP contribution < -0.4 is 5.32 Å². The topological polar surface area (TPSA) is 158 Å². The van der Waals surface area contributed by atoms with E-state index in [9.17, 15) is 35.8 Å². The van der Waals surface area contributed by atoms with Crippen molar-refractivity contribution in [3.05, 3.63) is 60.2 Å². The fourth-order valence-electron chi connectivity index (χ4n) is 2.72. The van der Waals surface area contributed by atoms with E-state index < -0.39 is 47.4 Å². The summed E-state index contributed by atoms with van der Waals surface area (Å²) in [5, 5.41) is 11.9. The van der Waals surface area contributed by atoms with Crippen LogP contribution >= 0.6 is 0 Å². The summed E-state index contributed by atoms with van der Waals surface area (Å²) in [5.74, 6) is -1.34. The van der Waals surface area contributed by atoms with E-state index >= 15 is 0 Å². The highest BCUT2D eigenvalue weighted by atomic mass is 32.2. The highest BCUT2D eigenvalue weighted by Crippen LogP contribution is 2.39. The molecule has 0 aliphatic heterocycles. The molecule has 0 aliphatic rings. The van der Waals surface area contributed by atoms with E-state index in [1.807, 2.05) is 0 Å². The lowest BCUT2D eigenvalue weighted by atomic mass is 10.1. The highest BCUT2D eigenvalue weighted by molar-refractivity contribution is 7.86. The first-order chi connectivity index (χ1) is 13.0. The first kappa shape index (κ1) is 19.8. The summed E-state index contributed by atoms with van der Waals surface area (Å²) >= 11 is 0. The van der Waals surface area contributed by atoms with Gasteiger partial charge in [0, 0.05) is 16.3 Å². The number of aromatic hydroxyl groups is 1. The minimum absolute atomic E-state index is 0.145. The Balaban J connectivity index is 2.36. The Bertz CT molecular complexity index is 1300. The quantitative estimate of drug-likeness (QED) is 0.465. The van der Waals surface area contributed by atoms with Gasteiger partial charge in [-0.05, 0) is 30.3 Å². The SMILES string of the molecule is O=C(Nc1c(S(=O)(=O)O)ccc2c(S(=O)(=O)O)ccc(O)c12)c1ccccc1. The molecule has 1 amide bonds. The van der Waals surface area contributed by atoms with Gasteiger partial charge in [0.25, 0.3) is 26.1 Å². The van der Waals surface area contributed by atoms with Gasteiger partial charge in [-0.2, -0.15) is 16.8 Å². The molecule has 28 heavy (non-hydrogen) atoms. The summed E-state index contributed by atoms with van der Waals surface area (Å²) in [7, 11) is -9.58. The molecule has 0 spiro atoms. The number of carbonyl (C=O) groups excluding carboxylic acids is 1. The van der Waals surface area contributed by atoms with Crippen LogP contribution in [0.1, 0.15) is 10.4 Å². The van der Waals surface area contributed by atoms with Crippen molar-refractivity contribution in [3.8, 4) is 5.75 Å². The summed E-state index contributed by atoms with van der Waals surface area (Å²) in [5.41, 5.74) is -0.386. The molecule has 3 aromatic rings. The third-order valence-corrected chi connectivity index (χ3v) is 5.72. The van der Waals surface area contributed by atoms with Gasteiger partial charge in [0.15, 0.2) is 0 Å². The maximum absolute atomic E-state index is 12.5. The number of carbonyl (C=O) groups is 1. The minimum Gasteiger partial charge on any atom is -0.507 e. The molecule has 146 valence electrons. The molecule has 9 nitrogen and oxygen atoms in total. The second-order valence-corrected chi connectivity index (χ2v) is 8.49. The van der Waals surface area contributed by atoms with Gasteiger partial charge in [-0.3, -0.25) is 13.9 Å². The molecule has 0 bridgehead atoms. The van der Waals surface area contributed by atoms with Crippen molar-refractivity contribution in [2.45, 2.75) is 9.79 Å². The van der Waals surface area contributed by atoms with Gasteiger partial charge in [0.2, 0.25) is 0 Å². The fraction of sp³-hybridized carbons (Fsp3) is 0. The minimum atomic E-state index is -4.86. The van der Waals surface area contributed by atoms with Gasteiger partial charge >= 0.3 is 0 Å². The van der Waals surface area contributed by atoms with Crippen molar-refractivity contribution in [1.82, 2.24) is 0 Å². The number of rotatable bonds is 4. The van der Waals surface area contributed by atoms with Gasteiger partial charge in [-0.15, -0.1) is 0 Å². The molecule has 0 aromatic heterocycles. The first-order valence-electron chi connectivity index (χ1n) is 7.60. The molecule has 4 N–H and O–H groups in total. The fourth-order valence-corrected chi connectivity index (χ4v) is 4.06. The van der Waals surface area contributed by atoms with E-state index in [4.69, 9.17) is 0 Å². The van der Waals surface area contributed by atoms with E-state index in [0.717, 1.165) is 24.3 Å². The number of amides is 1. The summed E-state index contributed by atoms with van der Waals surface area (Å²) < 4.78 is 65.7. The number of anilines is 1. The third kappa shape index (κ3) is 3.68. The molecule has 0 saturated carbocycles. The molecule has 0 radical (unpaired) electrons. The first-order valence-corrected chi connectivity index (χ1v) is 10.5. The number of phenols is 1. The number of hydrogen-bond donors (Lipinski definition) is 4. The Labute approximate surface area is 159 Å². The third-order valence-electron chi connectivity index (χ3n) is 3.91. The van der Waals surface area contributed by atoms with Crippen LogP contribution in [0.5, 0.6) is 5.75 Å². The predicted molar refractivity (Wildman–Crippen MR) is 99.6 cm³/mol. The molecular weight excluding hydrogens is 410 g/mol. The molecule has 3 aromatic carbocycles. The number of benzene rings is 3. The monoisotopic (exact) mass is 423 g/mol. The van der Waals surface area contributed by atoms with E-state index in [1.165, 1.54) is 12.1 Å². The zero-order valence-corrected chi connectivity index (χ0v) is 15.5. The lowest BCUT2D eigenvalue weighted by Crippen LogP contribution is -2.15. The molecule has 3 rings (SSSR count). The van der Waals surface area contributed by atoms with Crippen LogP contribution in [-0.2, 0) is 20.2 Å². The number of hydrogen-bond acceptors (Lipinski definition) is 6. The van der Waals surface area contributed by atoms with E-state index in [2.05, 4.69) is 5.32 Å². The lowest BCUT2D eigenvalue weighted by molar-refractivity contribution is 0.102. The molecule has 0 unspecified atom stereocenters. The summed E-state index contributed by atoms with van der Waals surface area (Å²) in [4.78, 5) is 11.1. The van der Waals surface area contributed by atoms with Crippen molar-refractivity contribution >= 4 is 42.6 Å². The van der Waals surface area contributed by atoms with Gasteiger partial charge in [0.1, 0.15) is 15.5 Å². The highest BCUT2D eigenvalue weighted by Gasteiger charge is 2.25. The van der Waals surface area contributed by atoms with Gasteiger partial charge in [0.05, 0.1) is 5.69 Å². The zero-order valence-electron chi connectivity index (χ0n) is 13.9. The number of phenolic OH excluding ortho intramolecular Hbond substituents is 1. The summed E-state index contributed by atoms with van der Waals surface area (Å²) in [6, 6.07) is 11.3. The Hall–Kier alpha value is -2.99. The zero-order chi connectivity index (χ0) is 20.7. The van der Waals surface area contributed by atoms with Crippen LogP contribution in [0.3, 0.4) is 0 Å². The van der Waals surface area contributed by atoms with E-state index in [-0.39, 0.29) is 16.3 Å². The standard InChI is InChI=1S/C17H13NO8S2/c19-12-7-9-13(27(21,22)23)11-6-8-14(28(24,25)26)16(15(11)12)18-17(20)10-4-2-1-3-5-10/h1-9,19H,(H,18,20)(H,21,22,23)(H,24,25,26). The molecule has 0 aliphatic carbocycles. The van der Waals surface area contributed by atoms with Crippen molar-refractivity contribution < 1.29 is 35.8 Å². The Kier molecular flexibility index (Phi) is 4.85. The van der Waals surface area contributed by atoms with E-state index in [0.29, 0.717) is 0 Å². The van der Waals surface area contributed by atoms with Crippen molar-refractivity contribution in [1.29, 1.82) is 0 Å². The second-order valence-electron chi connectivity index (χ2n) is 5.71. The van der Waals surface area contributed by atoms with Gasteiger partial charge < -0.3 is 10.4 Å². The Morgan fingerprint density at radius 3 is 1.93 bits per heavy atom. The van der Waals surface area contributed by atoms with E-state index in [1.54, 1.807) is 18.2 Å². The lowest BCUT2D eigenvalue weighted by Gasteiger charge is -2.15. The van der Waals surface area contributed by atoms with Gasteiger partial charge in [-0.1, -0.05) is 24.3 Å². The maximum atomic E-state index is 12.5. The van der Waals surface area contributed by atoms with Gasteiger partial charge in [-0.25, -0.2) is 0 Å². The van der Waals surface area contributed by atoms with Crippen LogP contribution in [0.2, 0.25) is 0 Å². The Morgan fingerprint density at radius 2 is 1.36 bits per heavy atom. The molecule has 11 heteroatoms. The van der Waals surface area contributed by atoms with Crippen LogP contribution in [0.15, 0.2) is 64.4 Å². The summed E-state index contributed by atoms with van der Waals surface area (Å²) in [6.07, 6.45) is 0. The molecule has 0 heterocycles. The molecule has 0 saturated heterocycles. The maximum Gasteiger partial charge on any atom is 0.296 e. The number of fused-ring (bicyclic) bond motifs is 1. The smallest absolute Gasteiger partial charge is 0.296 e. The molecule has 0 atom stereocenters. The predicted octanol–water partition coefficient (Wildman–Crippen LogP) is 2.29. The van der Waals surface area contributed by atoms with Crippen molar-refractivity contribution in [2.24, 2.45) is 0 Å². The van der Waals surface area contributed by atoms with Crippen LogP contribution in [0.25, 0.3) is 10.8 Å². The average Bonchev–Trinajstić information content (AvgIpc) is 2.60. The van der Waals surface area contributed by atoms with Crippen LogP contribution in [0.4, 0.5) is 5.69 Å². The van der Waals surface area contributed by atoms with Crippen LogP contribution in [-0.4, -0.2) is 37.0 Å². The summed E-state index contributed by atoms with van der Waals surface area (Å²) in [6.45, 7) is 0. The second kappa shape index (κ2) is 6.87. The van der Waals surface area contributed by atoms with Crippen molar-refractivity contribution in [3.63, 3.8) is 0 Å². The molecular formula is C17H13NO8S2. The molecule has 0 fully saturated rings. The Morgan fingerprint density at radius 1 is 0.786 bits per heavy atom. The number of nitrogens with one attached hydrogen (secondary N) is 1. The van der Waals surface area contributed by atoms with Crippen LogP contribution in [0, 0.1) is 0 Å². The van der Waals surface area contributed by atoms with Crippen molar-refractivity contribution in [2.75, 3.05) is 5.32 Å².